The summed E-state index contributed by atoms with van der Waals surface area (Å²) in [7, 11) is -3.76. The van der Waals surface area contributed by atoms with Crippen molar-refractivity contribution in [2.45, 2.75) is 12.5 Å². The summed E-state index contributed by atoms with van der Waals surface area (Å²) in [6.45, 7) is -0.472. The molecule has 0 spiro atoms. The summed E-state index contributed by atoms with van der Waals surface area (Å²) in [6, 6.07) is -1.47. The number of rotatable bonds is 9. The Kier molecular flexibility index (Phi) is 7.23. The smallest absolute Gasteiger partial charge is 0.321 e. The summed E-state index contributed by atoms with van der Waals surface area (Å²) in [4.78, 5) is 10.4. The van der Waals surface area contributed by atoms with Gasteiger partial charge in [-0.05, 0) is 6.42 Å². The Morgan fingerprint density at radius 3 is 2.24 bits per heavy atom. The topological polar surface area (TPSA) is 150 Å². The molecule has 0 radical (unpaired) electrons. The molecule has 0 aliphatic rings. The average Bonchev–Trinajstić information content (AvgIpc) is 2.23. The molecular formula is C8H18N2O6S. The summed E-state index contributed by atoms with van der Waals surface area (Å²) in [5, 5.41) is 25.9. The van der Waals surface area contributed by atoms with E-state index in [4.69, 9.17) is 21.1 Å². The van der Waals surface area contributed by atoms with E-state index < -0.39 is 33.7 Å². The van der Waals surface area contributed by atoms with E-state index in [1.54, 1.807) is 0 Å². The molecule has 17 heavy (non-hydrogen) atoms. The first-order chi connectivity index (χ1) is 7.82. The van der Waals surface area contributed by atoms with Gasteiger partial charge in [-0.25, -0.2) is 13.1 Å². The summed E-state index contributed by atoms with van der Waals surface area (Å²) in [5.41, 5.74) is 5.09. The lowest BCUT2D eigenvalue weighted by Gasteiger charge is -2.12. The maximum Gasteiger partial charge on any atom is 0.321 e. The van der Waals surface area contributed by atoms with Gasteiger partial charge in [0, 0.05) is 25.7 Å². The fourth-order valence-electron chi connectivity index (χ4n) is 1.03. The molecule has 0 aliphatic carbocycles. The van der Waals surface area contributed by atoms with E-state index in [9.17, 15) is 13.2 Å². The molecule has 0 rings (SSSR count). The van der Waals surface area contributed by atoms with Gasteiger partial charge in [-0.3, -0.25) is 4.79 Å². The molecule has 0 heterocycles. The van der Waals surface area contributed by atoms with Crippen LogP contribution in [0.15, 0.2) is 0 Å². The number of aliphatic hydroxyl groups excluding tert-OH is 2. The third-order valence-corrected chi connectivity index (χ3v) is 3.55. The second-order valence-electron chi connectivity index (χ2n) is 3.64. The zero-order chi connectivity index (χ0) is 13.5. The fourth-order valence-corrected chi connectivity index (χ4v) is 2.19. The van der Waals surface area contributed by atoms with Crippen LogP contribution in [0.5, 0.6) is 0 Å². The first-order valence-electron chi connectivity index (χ1n) is 4.99. The van der Waals surface area contributed by atoms with Crippen LogP contribution in [0, 0.1) is 5.92 Å². The Hall–Kier alpha value is -0.740. The standard InChI is InChI=1S/C8H18N2O6S/c9-7(8(13)14)5-17(15,16)10-2-1-6(3-11)4-12/h6-7,10-12H,1-5,9H2,(H,13,14). The van der Waals surface area contributed by atoms with E-state index >= 15 is 0 Å². The molecule has 6 N–H and O–H groups in total. The van der Waals surface area contributed by atoms with Crippen LogP contribution in [0.25, 0.3) is 0 Å². The van der Waals surface area contributed by atoms with Gasteiger partial charge in [-0.2, -0.15) is 0 Å². The number of aliphatic carboxylic acids is 1. The van der Waals surface area contributed by atoms with E-state index in [0.29, 0.717) is 0 Å². The number of sulfonamides is 1. The van der Waals surface area contributed by atoms with Crippen molar-refractivity contribution in [3.63, 3.8) is 0 Å². The molecule has 0 amide bonds. The van der Waals surface area contributed by atoms with Crippen molar-refractivity contribution in [2.24, 2.45) is 11.7 Å². The summed E-state index contributed by atoms with van der Waals surface area (Å²) in [5.74, 6) is -2.49. The van der Waals surface area contributed by atoms with Gasteiger partial charge in [0.05, 0.1) is 5.75 Å². The first kappa shape index (κ1) is 16.3. The zero-order valence-corrected chi connectivity index (χ0v) is 10.1. The van der Waals surface area contributed by atoms with Gasteiger partial charge in [0.25, 0.3) is 0 Å². The van der Waals surface area contributed by atoms with Crippen molar-refractivity contribution < 1.29 is 28.5 Å². The Morgan fingerprint density at radius 1 is 1.29 bits per heavy atom. The van der Waals surface area contributed by atoms with Crippen LogP contribution < -0.4 is 10.5 Å². The summed E-state index contributed by atoms with van der Waals surface area (Å²) >= 11 is 0. The minimum atomic E-state index is -3.76. The van der Waals surface area contributed by atoms with Gasteiger partial charge in [0.1, 0.15) is 6.04 Å². The van der Waals surface area contributed by atoms with E-state index in [1.807, 2.05) is 0 Å². The van der Waals surface area contributed by atoms with Gasteiger partial charge >= 0.3 is 5.97 Å². The third kappa shape index (κ3) is 7.23. The lowest BCUT2D eigenvalue weighted by Crippen LogP contribution is -2.42. The molecule has 102 valence electrons. The number of hydrogen-bond acceptors (Lipinski definition) is 6. The van der Waals surface area contributed by atoms with Crippen molar-refractivity contribution in [3.8, 4) is 0 Å². The van der Waals surface area contributed by atoms with Crippen molar-refractivity contribution in [2.75, 3.05) is 25.5 Å². The number of nitrogens with one attached hydrogen (secondary N) is 1. The SMILES string of the molecule is NC(CS(=O)(=O)NCCC(CO)CO)C(=O)O. The molecule has 0 saturated carbocycles. The molecule has 0 aromatic heterocycles. The van der Waals surface area contributed by atoms with Crippen molar-refractivity contribution in [1.29, 1.82) is 0 Å². The second kappa shape index (κ2) is 7.56. The van der Waals surface area contributed by atoms with Crippen LogP contribution >= 0.6 is 0 Å². The average molecular weight is 270 g/mol. The van der Waals surface area contributed by atoms with Crippen LogP contribution in [0.3, 0.4) is 0 Å². The van der Waals surface area contributed by atoms with E-state index in [1.165, 1.54) is 0 Å². The quantitative estimate of drug-likeness (QED) is 0.306. The Balaban J connectivity index is 4.06. The summed E-state index contributed by atoms with van der Waals surface area (Å²) < 4.78 is 24.8. The van der Waals surface area contributed by atoms with E-state index in [-0.39, 0.29) is 26.2 Å². The highest BCUT2D eigenvalue weighted by Crippen LogP contribution is 1.99. The second-order valence-corrected chi connectivity index (χ2v) is 5.49. The molecule has 9 heteroatoms. The van der Waals surface area contributed by atoms with E-state index in [0.717, 1.165) is 0 Å². The summed E-state index contributed by atoms with van der Waals surface area (Å²) in [6.07, 6.45) is 0.258. The van der Waals surface area contributed by atoms with Gasteiger partial charge in [0.2, 0.25) is 10.0 Å². The molecule has 0 aromatic rings. The normalized spacial score (nSPS) is 13.9. The zero-order valence-electron chi connectivity index (χ0n) is 9.24. The van der Waals surface area contributed by atoms with Gasteiger partial charge in [-0.15, -0.1) is 0 Å². The maximum atomic E-state index is 11.3. The molecule has 8 nitrogen and oxygen atoms in total. The van der Waals surface area contributed by atoms with Gasteiger partial charge < -0.3 is 21.1 Å². The predicted octanol–water partition coefficient (Wildman–Crippen LogP) is -2.69. The Labute approximate surface area is 99.5 Å². The molecule has 0 aliphatic heterocycles. The Morgan fingerprint density at radius 2 is 1.82 bits per heavy atom. The lowest BCUT2D eigenvalue weighted by molar-refractivity contribution is -0.137. The lowest BCUT2D eigenvalue weighted by atomic mass is 10.1. The minimum absolute atomic E-state index is 0.0143. The first-order valence-corrected chi connectivity index (χ1v) is 6.65. The van der Waals surface area contributed by atoms with Gasteiger partial charge in [-0.1, -0.05) is 0 Å². The number of carboxylic acids is 1. The van der Waals surface area contributed by atoms with Crippen LogP contribution in [0.1, 0.15) is 6.42 Å². The van der Waals surface area contributed by atoms with Crippen LogP contribution in [0.4, 0.5) is 0 Å². The van der Waals surface area contributed by atoms with Crippen LogP contribution in [-0.2, 0) is 14.8 Å². The molecule has 1 atom stereocenters. The van der Waals surface area contributed by atoms with Gasteiger partial charge in [0.15, 0.2) is 0 Å². The van der Waals surface area contributed by atoms with Crippen molar-refractivity contribution in [3.05, 3.63) is 0 Å². The van der Waals surface area contributed by atoms with Crippen molar-refractivity contribution in [1.82, 2.24) is 4.72 Å². The van der Waals surface area contributed by atoms with Crippen LogP contribution in [0.2, 0.25) is 0 Å². The third-order valence-electron chi connectivity index (χ3n) is 2.11. The highest BCUT2D eigenvalue weighted by atomic mass is 32.2. The number of hydrogen-bond donors (Lipinski definition) is 5. The fraction of sp³-hybridized carbons (Fsp3) is 0.875. The number of carboxylic acid groups (broad SMARTS) is 1. The molecule has 1 unspecified atom stereocenters. The maximum absolute atomic E-state index is 11.3. The molecule has 0 saturated heterocycles. The number of nitrogens with two attached hydrogens (primary N) is 1. The highest BCUT2D eigenvalue weighted by molar-refractivity contribution is 7.89. The minimum Gasteiger partial charge on any atom is -0.480 e. The molecule has 0 fully saturated rings. The molecule has 0 aromatic carbocycles. The molecule has 0 bridgehead atoms. The Bertz CT molecular complexity index is 327. The highest BCUT2D eigenvalue weighted by Gasteiger charge is 2.21. The largest absolute Gasteiger partial charge is 0.480 e. The van der Waals surface area contributed by atoms with Crippen molar-refractivity contribution >= 4 is 16.0 Å². The number of carbonyl (C=O) groups is 1. The monoisotopic (exact) mass is 270 g/mol. The molecular weight excluding hydrogens is 252 g/mol. The predicted molar refractivity (Wildman–Crippen MR) is 59.7 cm³/mol. The van der Waals surface area contributed by atoms with Crippen LogP contribution in [-0.4, -0.2) is 61.3 Å². The number of aliphatic hydroxyl groups is 2. The van der Waals surface area contributed by atoms with E-state index in [2.05, 4.69) is 4.72 Å².